The number of rotatable bonds is 6. The fraction of sp³-hybridized carbons (Fsp3) is 0.333. The molecule has 2 unspecified atom stereocenters. The number of aryl methyl sites for hydroxylation is 1. The number of hydrogen-bond acceptors (Lipinski definition) is 4. The second kappa shape index (κ2) is 6.79. The van der Waals surface area contributed by atoms with E-state index in [0.29, 0.717) is 18.2 Å². The van der Waals surface area contributed by atoms with E-state index in [-0.39, 0.29) is 17.9 Å². The Balaban J connectivity index is 1.55. The SMILES string of the molecule is CCOC1CC1C(=O)Nc1ccc(Oc2ccc(C)cc2)nc1. The molecule has 0 spiro atoms. The van der Waals surface area contributed by atoms with E-state index >= 15 is 0 Å². The lowest BCUT2D eigenvalue weighted by atomic mass is 10.2. The van der Waals surface area contributed by atoms with Crippen LogP contribution in [0.2, 0.25) is 0 Å². The minimum atomic E-state index is -0.0431. The summed E-state index contributed by atoms with van der Waals surface area (Å²) in [7, 11) is 0. The van der Waals surface area contributed by atoms with Gasteiger partial charge in [0.1, 0.15) is 5.75 Å². The van der Waals surface area contributed by atoms with Crippen LogP contribution in [0.3, 0.4) is 0 Å². The number of hydrogen-bond donors (Lipinski definition) is 1. The van der Waals surface area contributed by atoms with Gasteiger partial charge in [0.15, 0.2) is 0 Å². The highest BCUT2D eigenvalue weighted by Gasteiger charge is 2.43. The van der Waals surface area contributed by atoms with Crippen molar-refractivity contribution in [3.63, 3.8) is 0 Å². The molecular weight excluding hydrogens is 292 g/mol. The van der Waals surface area contributed by atoms with Gasteiger partial charge in [-0.25, -0.2) is 4.98 Å². The molecule has 2 aromatic rings. The molecule has 5 nitrogen and oxygen atoms in total. The van der Waals surface area contributed by atoms with Gasteiger partial charge in [-0.2, -0.15) is 0 Å². The largest absolute Gasteiger partial charge is 0.439 e. The smallest absolute Gasteiger partial charge is 0.230 e. The number of aromatic nitrogens is 1. The van der Waals surface area contributed by atoms with Crippen molar-refractivity contribution in [1.82, 2.24) is 4.98 Å². The van der Waals surface area contributed by atoms with Gasteiger partial charge < -0.3 is 14.8 Å². The zero-order valence-corrected chi connectivity index (χ0v) is 13.3. The van der Waals surface area contributed by atoms with Gasteiger partial charge >= 0.3 is 0 Å². The maximum Gasteiger partial charge on any atom is 0.230 e. The predicted molar refractivity (Wildman–Crippen MR) is 87.6 cm³/mol. The molecule has 1 aliphatic carbocycles. The standard InChI is InChI=1S/C18H20N2O3/c1-3-22-16-10-15(16)18(21)20-13-6-9-17(19-11-13)23-14-7-4-12(2)5-8-14/h4-9,11,15-16H,3,10H2,1-2H3,(H,20,21). The average Bonchev–Trinajstić information content (AvgIpc) is 3.31. The van der Waals surface area contributed by atoms with E-state index in [4.69, 9.17) is 9.47 Å². The Morgan fingerprint density at radius 1 is 1.26 bits per heavy atom. The Labute approximate surface area is 135 Å². The highest BCUT2D eigenvalue weighted by atomic mass is 16.5. The zero-order chi connectivity index (χ0) is 16.2. The van der Waals surface area contributed by atoms with Crippen LogP contribution in [0.25, 0.3) is 0 Å². The molecule has 120 valence electrons. The number of carbonyl (C=O) groups excluding carboxylic acids is 1. The molecular formula is C18H20N2O3. The average molecular weight is 312 g/mol. The molecule has 1 aromatic carbocycles. The fourth-order valence-corrected chi connectivity index (χ4v) is 2.32. The summed E-state index contributed by atoms with van der Waals surface area (Å²) in [6.07, 6.45) is 2.46. The molecule has 3 rings (SSSR count). The van der Waals surface area contributed by atoms with Crippen LogP contribution in [-0.4, -0.2) is 23.6 Å². The lowest BCUT2D eigenvalue weighted by Crippen LogP contribution is -2.16. The first kappa shape index (κ1) is 15.5. The van der Waals surface area contributed by atoms with Crippen molar-refractivity contribution in [3.05, 3.63) is 48.2 Å². The Morgan fingerprint density at radius 2 is 2.04 bits per heavy atom. The van der Waals surface area contributed by atoms with Gasteiger partial charge in [-0.3, -0.25) is 4.79 Å². The van der Waals surface area contributed by atoms with Gasteiger partial charge in [0.25, 0.3) is 0 Å². The molecule has 1 saturated carbocycles. The third-order valence-electron chi connectivity index (χ3n) is 3.70. The molecule has 1 amide bonds. The van der Waals surface area contributed by atoms with Gasteiger partial charge in [0.2, 0.25) is 11.8 Å². The number of anilines is 1. The summed E-state index contributed by atoms with van der Waals surface area (Å²) in [5.74, 6) is 1.17. The summed E-state index contributed by atoms with van der Waals surface area (Å²) in [6.45, 7) is 4.60. The second-order valence-electron chi connectivity index (χ2n) is 5.63. The Bertz CT molecular complexity index is 668. The molecule has 0 aliphatic heterocycles. The first-order valence-electron chi connectivity index (χ1n) is 7.78. The first-order valence-corrected chi connectivity index (χ1v) is 7.78. The third kappa shape index (κ3) is 4.07. The number of pyridine rings is 1. The normalized spacial score (nSPS) is 19.2. The monoisotopic (exact) mass is 312 g/mol. The van der Waals surface area contributed by atoms with Gasteiger partial charge in [-0.1, -0.05) is 17.7 Å². The molecule has 0 saturated heterocycles. The number of ether oxygens (including phenoxy) is 2. The molecule has 0 bridgehead atoms. The molecule has 1 fully saturated rings. The van der Waals surface area contributed by atoms with Crippen molar-refractivity contribution in [3.8, 4) is 11.6 Å². The van der Waals surface area contributed by atoms with E-state index in [2.05, 4.69) is 10.3 Å². The summed E-state index contributed by atoms with van der Waals surface area (Å²) in [5, 5.41) is 2.85. The van der Waals surface area contributed by atoms with Crippen molar-refractivity contribution in [2.24, 2.45) is 5.92 Å². The molecule has 1 aromatic heterocycles. The molecule has 2 atom stereocenters. The minimum Gasteiger partial charge on any atom is -0.439 e. The lowest BCUT2D eigenvalue weighted by molar-refractivity contribution is -0.118. The summed E-state index contributed by atoms with van der Waals surface area (Å²) in [6, 6.07) is 11.3. The van der Waals surface area contributed by atoms with Gasteiger partial charge in [0.05, 0.1) is 23.9 Å². The van der Waals surface area contributed by atoms with Crippen LogP contribution in [0.1, 0.15) is 18.9 Å². The van der Waals surface area contributed by atoms with Crippen molar-refractivity contribution in [2.45, 2.75) is 26.4 Å². The molecule has 23 heavy (non-hydrogen) atoms. The van der Waals surface area contributed by atoms with Crippen LogP contribution >= 0.6 is 0 Å². The Morgan fingerprint density at radius 3 is 2.70 bits per heavy atom. The van der Waals surface area contributed by atoms with Crippen LogP contribution in [0.4, 0.5) is 5.69 Å². The number of carbonyl (C=O) groups is 1. The third-order valence-corrected chi connectivity index (χ3v) is 3.70. The second-order valence-corrected chi connectivity index (χ2v) is 5.63. The van der Waals surface area contributed by atoms with Crippen molar-refractivity contribution < 1.29 is 14.3 Å². The Hall–Kier alpha value is -2.40. The number of nitrogens with one attached hydrogen (secondary N) is 1. The number of benzene rings is 1. The topological polar surface area (TPSA) is 60.5 Å². The predicted octanol–water partition coefficient (Wildman–Crippen LogP) is 3.55. The number of nitrogens with zero attached hydrogens (tertiary/aromatic N) is 1. The molecule has 1 N–H and O–H groups in total. The molecule has 1 aliphatic rings. The van der Waals surface area contributed by atoms with Crippen molar-refractivity contribution in [2.75, 3.05) is 11.9 Å². The lowest BCUT2D eigenvalue weighted by Gasteiger charge is -2.07. The van der Waals surface area contributed by atoms with E-state index in [1.54, 1.807) is 18.3 Å². The maximum atomic E-state index is 12.0. The van der Waals surface area contributed by atoms with E-state index in [0.717, 1.165) is 12.2 Å². The van der Waals surface area contributed by atoms with Crippen LogP contribution in [0, 0.1) is 12.8 Å². The highest BCUT2D eigenvalue weighted by molar-refractivity contribution is 5.94. The van der Waals surface area contributed by atoms with Crippen LogP contribution in [0.5, 0.6) is 11.6 Å². The molecule has 1 heterocycles. The van der Waals surface area contributed by atoms with Crippen LogP contribution < -0.4 is 10.1 Å². The molecule has 5 heteroatoms. The quantitative estimate of drug-likeness (QED) is 0.886. The van der Waals surface area contributed by atoms with Crippen LogP contribution in [-0.2, 0) is 9.53 Å². The van der Waals surface area contributed by atoms with Gasteiger partial charge in [0, 0.05) is 12.7 Å². The summed E-state index contributed by atoms with van der Waals surface area (Å²) < 4.78 is 11.1. The summed E-state index contributed by atoms with van der Waals surface area (Å²) in [5.41, 5.74) is 1.84. The first-order chi connectivity index (χ1) is 11.2. The summed E-state index contributed by atoms with van der Waals surface area (Å²) >= 11 is 0. The maximum absolute atomic E-state index is 12.0. The van der Waals surface area contributed by atoms with E-state index < -0.39 is 0 Å². The van der Waals surface area contributed by atoms with E-state index in [1.165, 1.54) is 5.56 Å². The van der Waals surface area contributed by atoms with E-state index in [9.17, 15) is 4.79 Å². The fourth-order valence-electron chi connectivity index (χ4n) is 2.32. The minimum absolute atomic E-state index is 0.0162. The van der Waals surface area contributed by atoms with Gasteiger partial charge in [-0.15, -0.1) is 0 Å². The zero-order valence-electron chi connectivity index (χ0n) is 13.3. The van der Waals surface area contributed by atoms with Crippen molar-refractivity contribution in [1.29, 1.82) is 0 Å². The van der Waals surface area contributed by atoms with Crippen molar-refractivity contribution >= 4 is 11.6 Å². The molecule has 0 radical (unpaired) electrons. The van der Waals surface area contributed by atoms with Gasteiger partial charge in [-0.05, 0) is 38.5 Å². The highest BCUT2D eigenvalue weighted by Crippen LogP contribution is 2.34. The summed E-state index contributed by atoms with van der Waals surface area (Å²) in [4.78, 5) is 16.2. The Kier molecular flexibility index (Phi) is 4.57. The van der Waals surface area contributed by atoms with E-state index in [1.807, 2.05) is 38.1 Å². The number of amides is 1. The van der Waals surface area contributed by atoms with Crippen LogP contribution in [0.15, 0.2) is 42.6 Å².